The molecule has 2 aliphatic rings. The number of carbonyl (C=O) groups is 1. The molecule has 2 atom stereocenters. The van der Waals surface area contributed by atoms with E-state index >= 15 is 0 Å². The van der Waals surface area contributed by atoms with E-state index in [1.165, 1.54) is 11.8 Å². The van der Waals surface area contributed by atoms with Gasteiger partial charge in [-0.25, -0.2) is 8.42 Å². The van der Waals surface area contributed by atoms with Gasteiger partial charge in [0.1, 0.15) is 0 Å². The second-order valence-electron chi connectivity index (χ2n) is 7.11. The average Bonchev–Trinajstić information content (AvgIpc) is 3.11. The number of benzene rings is 2. The summed E-state index contributed by atoms with van der Waals surface area (Å²) in [6, 6.07) is 14.3. The Bertz CT molecular complexity index is 1070. The van der Waals surface area contributed by atoms with E-state index in [1.54, 1.807) is 30.3 Å². The van der Waals surface area contributed by atoms with Crippen LogP contribution in [0.3, 0.4) is 0 Å². The van der Waals surface area contributed by atoms with Gasteiger partial charge in [-0.1, -0.05) is 65.3 Å². The van der Waals surface area contributed by atoms with Gasteiger partial charge in [-0.05, 0) is 29.3 Å². The molecule has 9 heteroatoms. The van der Waals surface area contributed by atoms with Gasteiger partial charge < -0.3 is 4.90 Å². The first-order valence-corrected chi connectivity index (χ1v) is 12.5. The van der Waals surface area contributed by atoms with Crippen molar-refractivity contribution in [3.8, 4) is 0 Å². The molecule has 0 unspecified atom stereocenters. The van der Waals surface area contributed by atoms with E-state index in [2.05, 4.69) is 4.99 Å². The molecule has 1 amide bonds. The fourth-order valence-electron chi connectivity index (χ4n) is 3.55. The minimum absolute atomic E-state index is 0.0690. The topological polar surface area (TPSA) is 66.8 Å². The number of fused-ring (bicyclic) bond motifs is 1. The van der Waals surface area contributed by atoms with E-state index in [0.29, 0.717) is 21.8 Å². The lowest BCUT2D eigenvalue weighted by Gasteiger charge is -2.25. The maximum atomic E-state index is 12.6. The quantitative estimate of drug-likeness (QED) is 0.681. The van der Waals surface area contributed by atoms with Gasteiger partial charge >= 0.3 is 0 Å². The maximum absolute atomic E-state index is 12.6. The molecule has 0 aromatic heterocycles. The van der Waals surface area contributed by atoms with Crippen LogP contribution in [0.5, 0.6) is 0 Å². The third kappa shape index (κ3) is 4.79. The van der Waals surface area contributed by atoms with Crippen LogP contribution >= 0.6 is 35.0 Å². The largest absolute Gasteiger partial charge is 0.342 e. The highest BCUT2D eigenvalue weighted by molar-refractivity contribution is 8.15. The Morgan fingerprint density at radius 1 is 1.10 bits per heavy atom. The first-order valence-electron chi connectivity index (χ1n) is 9.04. The lowest BCUT2D eigenvalue weighted by atomic mass is 10.1. The van der Waals surface area contributed by atoms with Gasteiger partial charge in [0, 0.05) is 21.8 Å². The summed E-state index contributed by atoms with van der Waals surface area (Å²) < 4.78 is 24.2. The molecule has 5 nitrogen and oxygen atoms in total. The summed E-state index contributed by atoms with van der Waals surface area (Å²) >= 11 is 13.6. The molecular formula is C20H18Cl2N2O3S2. The summed E-state index contributed by atoms with van der Waals surface area (Å²) in [5.74, 6) is -0.104. The monoisotopic (exact) mass is 468 g/mol. The molecule has 2 fully saturated rings. The number of hydrogen-bond donors (Lipinski definition) is 0. The van der Waals surface area contributed by atoms with Crippen LogP contribution in [0.2, 0.25) is 10.0 Å². The van der Waals surface area contributed by atoms with E-state index in [4.69, 9.17) is 23.2 Å². The van der Waals surface area contributed by atoms with Crippen LogP contribution in [-0.2, 0) is 27.6 Å². The van der Waals surface area contributed by atoms with E-state index in [-0.39, 0.29) is 35.1 Å². The van der Waals surface area contributed by atoms with Gasteiger partial charge in [-0.2, -0.15) is 4.99 Å². The van der Waals surface area contributed by atoms with Gasteiger partial charge in [0.15, 0.2) is 15.0 Å². The number of aliphatic imine (C=N–C) groups is 1. The number of amides is 1. The molecule has 4 rings (SSSR count). The second kappa shape index (κ2) is 8.30. The maximum Gasteiger partial charge on any atom is 0.252 e. The minimum atomic E-state index is -3.09. The van der Waals surface area contributed by atoms with Crippen molar-refractivity contribution in [2.75, 3.05) is 11.5 Å². The number of hydrogen-bond acceptors (Lipinski definition) is 4. The highest BCUT2D eigenvalue weighted by atomic mass is 35.5. The average molecular weight is 469 g/mol. The number of thioether (sulfide) groups is 1. The molecule has 29 heavy (non-hydrogen) atoms. The van der Waals surface area contributed by atoms with Crippen LogP contribution in [0.15, 0.2) is 53.5 Å². The molecule has 2 aromatic rings. The Kier molecular flexibility index (Phi) is 5.93. The Balaban J connectivity index is 1.58. The van der Waals surface area contributed by atoms with Crippen molar-refractivity contribution in [3.63, 3.8) is 0 Å². The summed E-state index contributed by atoms with van der Waals surface area (Å²) in [5, 5.41) is 1.66. The lowest BCUT2D eigenvalue weighted by Crippen LogP contribution is -2.37. The molecule has 152 valence electrons. The fraction of sp³-hybridized carbons (Fsp3) is 0.300. The van der Waals surface area contributed by atoms with Crippen LogP contribution in [0.25, 0.3) is 0 Å². The van der Waals surface area contributed by atoms with Gasteiger partial charge in [0.2, 0.25) is 0 Å². The Morgan fingerprint density at radius 2 is 1.83 bits per heavy atom. The van der Waals surface area contributed by atoms with Gasteiger partial charge in [0.05, 0.1) is 24.0 Å². The predicted molar refractivity (Wildman–Crippen MR) is 118 cm³/mol. The van der Waals surface area contributed by atoms with Crippen molar-refractivity contribution in [1.29, 1.82) is 0 Å². The van der Waals surface area contributed by atoms with Crippen molar-refractivity contribution in [3.05, 3.63) is 69.7 Å². The van der Waals surface area contributed by atoms with E-state index in [1.807, 2.05) is 23.1 Å². The summed E-state index contributed by atoms with van der Waals surface area (Å²) in [6.07, 6.45) is 0.162. The summed E-state index contributed by atoms with van der Waals surface area (Å²) in [4.78, 5) is 18.8. The zero-order chi connectivity index (χ0) is 20.6. The first kappa shape index (κ1) is 20.7. The van der Waals surface area contributed by atoms with Gasteiger partial charge in [-0.3, -0.25) is 4.79 Å². The molecule has 0 aliphatic carbocycles. The van der Waals surface area contributed by atoms with Crippen LogP contribution in [0.1, 0.15) is 11.1 Å². The van der Waals surface area contributed by atoms with Crippen LogP contribution in [-0.4, -0.2) is 47.2 Å². The molecule has 2 saturated heterocycles. The molecule has 2 aliphatic heterocycles. The molecular weight excluding hydrogens is 451 g/mol. The minimum Gasteiger partial charge on any atom is -0.342 e. The summed E-state index contributed by atoms with van der Waals surface area (Å²) in [7, 11) is -3.09. The molecule has 0 bridgehead atoms. The molecule has 0 N–H and O–H groups in total. The van der Waals surface area contributed by atoms with E-state index < -0.39 is 9.84 Å². The second-order valence-corrected chi connectivity index (χ2v) is 11.3. The molecule has 2 heterocycles. The van der Waals surface area contributed by atoms with E-state index in [9.17, 15) is 13.2 Å². The Labute approximate surface area is 184 Å². The fourth-order valence-corrected chi connectivity index (χ4v) is 7.84. The predicted octanol–water partition coefficient (Wildman–Crippen LogP) is 3.83. The number of rotatable bonds is 4. The molecule has 0 radical (unpaired) electrons. The van der Waals surface area contributed by atoms with Crippen LogP contribution in [0.4, 0.5) is 0 Å². The number of nitrogens with zero attached hydrogens (tertiary/aromatic N) is 2. The molecule has 0 spiro atoms. The third-order valence-corrected chi connectivity index (χ3v) is 8.83. The zero-order valence-corrected chi connectivity index (χ0v) is 18.4. The van der Waals surface area contributed by atoms with Crippen molar-refractivity contribution in [2.24, 2.45) is 4.99 Å². The first-order chi connectivity index (χ1) is 13.8. The molecule has 2 aromatic carbocycles. The van der Waals surface area contributed by atoms with Crippen LogP contribution in [0, 0.1) is 0 Å². The Morgan fingerprint density at radius 3 is 2.55 bits per heavy atom. The van der Waals surface area contributed by atoms with Crippen LogP contribution < -0.4 is 0 Å². The van der Waals surface area contributed by atoms with E-state index in [0.717, 1.165) is 11.1 Å². The van der Waals surface area contributed by atoms with Crippen molar-refractivity contribution in [2.45, 2.75) is 24.3 Å². The van der Waals surface area contributed by atoms with Crippen molar-refractivity contribution < 1.29 is 13.2 Å². The summed E-state index contributed by atoms with van der Waals surface area (Å²) in [6.45, 7) is 0.413. The SMILES string of the molecule is O=C(Cc1ccc(Cl)cc1)N=C1S[C@H]2CS(=O)(=O)C[C@H]2N1Cc1ccccc1Cl. The third-order valence-electron chi connectivity index (χ3n) is 4.96. The van der Waals surface area contributed by atoms with Crippen molar-refractivity contribution >= 4 is 55.9 Å². The number of carbonyl (C=O) groups excluding carboxylic acids is 1. The highest BCUT2D eigenvalue weighted by Crippen LogP contribution is 2.39. The highest BCUT2D eigenvalue weighted by Gasteiger charge is 2.48. The number of amidine groups is 1. The summed E-state index contributed by atoms with van der Waals surface area (Å²) in [5.41, 5.74) is 1.70. The van der Waals surface area contributed by atoms with Gasteiger partial charge in [-0.15, -0.1) is 0 Å². The number of halogens is 2. The normalized spacial score (nSPS) is 24.1. The molecule has 0 saturated carbocycles. The number of sulfone groups is 1. The van der Waals surface area contributed by atoms with Gasteiger partial charge in [0.25, 0.3) is 5.91 Å². The lowest BCUT2D eigenvalue weighted by molar-refractivity contribution is -0.117. The zero-order valence-electron chi connectivity index (χ0n) is 15.3. The van der Waals surface area contributed by atoms with Crippen molar-refractivity contribution in [1.82, 2.24) is 4.90 Å². The standard InChI is InChI=1S/C20H18Cl2N2O3S2/c21-15-7-5-13(6-8-15)9-19(25)23-20-24(10-14-3-1-2-4-16(14)22)17-11-29(26,27)12-18(17)28-20/h1-8,17-18H,9-12H2/t17-,18+/m1/s1. The smallest absolute Gasteiger partial charge is 0.252 e. The Hall–Kier alpha value is -1.54.